The molecule has 0 fully saturated rings. The number of nitrogens with zero attached hydrogens (tertiary/aromatic N) is 4. The summed E-state index contributed by atoms with van der Waals surface area (Å²) in [5, 5.41) is 10.7. The summed E-state index contributed by atoms with van der Waals surface area (Å²) in [5.41, 5.74) is -1.77. The topological polar surface area (TPSA) is 224 Å². The first-order chi connectivity index (χ1) is 28.8. The summed E-state index contributed by atoms with van der Waals surface area (Å²) in [6.07, 6.45) is 2.40. The molecule has 0 heterocycles. The molecule has 0 rings (SSSR count). The van der Waals surface area contributed by atoms with E-state index in [9.17, 15) is 43.2 Å². The van der Waals surface area contributed by atoms with Crippen molar-refractivity contribution in [3.63, 3.8) is 0 Å². The molecular formula is C43H78N8O10S. The number of likely N-dealkylation sites (N-methyl/N-ethyl adjacent to an activating group) is 5. The van der Waals surface area contributed by atoms with Gasteiger partial charge in [0.15, 0.2) is 11.9 Å². The number of hydrogen-bond acceptors (Lipinski definition) is 12. The second kappa shape index (κ2) is 27.7. The highest BCUT2D eigenvalue weighted by atomic mass is 32.2. The second-order valence-electron chi connectivity index (χ2n) is 17.6. The quantitative estimate of drug-likeness (QED) is 0.0531. The molecule has 18 nitrogen and oxygen atoms in total. The van der Waals surface area contributed by atoms with Crippen molar-refractivity contribution >= 4 is 65.5 Å². The Bertz CT molecular complexity index is 1530. The number of urea groups is 1. The van der Waals surface area contributed by atoms with Crippen LogP contribution in [-0.4, -0.2) is 163 Å². The van der Waals surface area contributed by atoms with Gasteiger partial charge in [-0.1, -0.05) is 62.3 Å². The molecule has 6 atom stereocenters. The van der Waals surface area contributed by atoms with Gasteiger partial charge in [0.2, 0.25) is 35.4 Å². The maximum atomic E-state index is 14.6. The summed E-state index contributed by atoms with van der Waals surface area (Å²) in [7, 11) is 8.53. The van der Waals surface area contributed by atoms with Gasteiger partial charge >= 0.3 is 12.0 Å². The molecule has 0 aliphatic rings. The number of ether oxygens (including phenoxy) is 1. The van der Waals surface area contributed by atoms with Crippen molar-refractivity contribution in [2.75, 3.05) is 53.9 Å². The summed E-state index contributed by atoms with van der Waals surface area (Å²) in [6.45, 7) is 18.2. The minimum atomic E-state index is -1.77. The summed E-state index contributed by atoms with van der Waals surface area (Å²) < 4.78 is 4.75. The molecule has 0 aliphatic heterocycles. The molecule has 0 bridgehead atoms. The Morgan fingerprint density at radius 3 is 1.79 bits per heavy atom. The Labute approximate surface area is 374 Å². The van der Waals surface area contributed by atoms with Gasteiger partial charge in [0.1, 0.15) is 24.2 Å². The van der Waals surface area contributed by atoms with Crippen LogP contribution in [0.1, 0.15) is 108 Å². The van der Waals surface area contributed by atoms with Crippen molar-refractivity contribution in [2.45, 2.75) is 144 Å². The molecule has 19 heteroatoms. The molecule has 1 unspecified atom stereocenters. The fourth-order valence-corrected chi connectivity index (χ4v) is 7.72. The van der Waals surface area contributed by atoms with Gasteiger partial charge in [-0.2, -0.15) is 0 Å². The third-order valence-corrected chi connectivity index (χ3v) is 11.7. The number of amides is 8. The van der Waals surface area contributed by atoms with Crippen LogP contribution in [0.25, 0.3) is 0 Å². The molecule has 0 saturated carbocycles. The lowest BCUT2D eigenvalue weighted by Crippen LogP contribution is -2.69. The number of nitrogens with one attached hydrogen (secondary N) is 4. The van der Waals surface area contributed by atoms with Gasteiger partial charge in [0.05, 0.1) is 18.9 Å². The molecule has 0 saturated heterocycles. The van der Waals surface area contributed by atoms with Gasteiger partial charge in [0, 0.05) is 47.4 Å². The number of hydrogen-bond donors (Lipinski definition) is 4. The molecule has 0 aromatic heterocycles. The maximum absolute atomic E-state index is 14.6. The van der Waals surface area contributed by atoms with Crippen LogP contribution < -0.4 is 21.3 Å². The number of thioether (sulfide) groups is 1. The third kappa shape index (κ3) is 17.8. The van der Waals surface area contributed by atoms with Crippen LogP contribution in [0.3, 0.4) is 0 Å². The van der Waals surface area contributed by atoms with Crippen LogP contribution >= 0.6 is 11.8 Å². The lowest BCUT2D eigenvalue weighted by Gasteiger charge is -2.45. The number of aldehydes is 1. The molecule has 0 aromatic carbocycles. The fourth-order valence-electron chi connectivity index (χ4n) is 6.73. The van der Waals surface area contributed by atoms with E-state index in [1.54, 1.807) is 13.8 Å². The van der Waals surface area contributed by atoms with Crippen molar-refractivity contribution in [3.8, 4) is 0 Å². The Morgan fingerprint density at radius 2 is 1.32 bits per heavy atom. The molecule has 8 amide bonds. The van der Waals surface area contributed by atoms with E-state index in [1.807, 2.05) is 48.5 Å². The molecule has 0 radical (unpaired) electrons. The van der Waals surface area contributed by atoms with Crippen LogP contribution in [0.2, 0.25) is 0 Å². The van der Waals surface area contributed by atoms with E-state index in [0.29, 0.717) is 25.5 Å². The summed E-state index contributed by atoms with van der Waals surface area (Å²) >= 11 is 1.11. The van der Waals surface area contributed by atoms with Gasteiger partial charge in [-0.25, -0.2) is 4.79 Å². The standard InChI is InChI=1S/C43H78N8O10S/c1-17-18-34(53)48(12)33(23-62-24-35(54)61-16)40(58)51(15)43(25-52,22-28(6)7)47-36(29(8)9)41(59)49(13)31(20-19-26(2)3)39(57)46-37(55)30(10)45-42(60)50(14)32(21-27(4)5)38(56)44-11/h25-33,36,47H,17-24H2,1-16H3,(H,44,56)(H,45,60)(H,46,55,57)/t30?,31-,32-,33+,36+,43-/m0/s1. The predicted octanol–water partition coefficient (Wildman–Crippen LogP) is 2.63. The predicted molar refractivity (Wildman–Crippen MR) is 240 cm³/mol. The Balaban J connectivity index is 6.79. The highest BCUT2D eigenvalue weighted by Crippen LogP contribution is 2.26. The number of carbonyl (C=O) groups is 9. The zero-order chi connectivity index (χ0) is 48.2. The van der Waals surface area contributed by atoms with Gasteiger partial charge in [-0.05, 0) is 62.7 Å². The third-order valence-electron chi connectivity index (χ3n) is 10.7. The molecule has 0 aliphatic carbocycles. The zero-order valence-electron chi connectivity index (χ0n) is 40.2. The molecule has 62 heavy (non-hydrogen) atoms. The van der Waals surface area contributed by atoms with E-state index in [1.165, 1.54) is 68.9 Å². The SMILES string of the molecule is CCCC(=O)N(C)[C@H](CSCC(=O)OC)C(=O)N(C)[C@](C=O)(CC(C)C)N[C@@H](C(=O)N(C)[C@@H](CCC(C)C)C(=O)NC(=O)C(C)NC(=O)N(C)[C@@H](CC(C)C)C(=O)NC)C(C)C. The van der Waals surface area contributed by atoms with E-state index in [0.717, 1.165) is 11.8 Å². The van der Waals surface area contributed by atoms with Crippen LogP contribution in [0.4, 0.5) is 4.79 Å². The Kier molecular flexibility index (Phi) is 25.8. The van der Waals surface area contributed by atoms with Crippen molar-refractivity contribution < 1.29 is 47.9 Å². The van der Waals surface area contributed by atoms with Gasteiger partial charge in [0.25, 0.3) is 0 Å². The average molecular weight is 899 g/mol. The normalized spacial score (nSPS) is 14.8. The molecule has 0 aromatic rings. The number of esters is 1. The van der Waals surface area contributed by atoms with Gasteiger partial charge in [-0.3, -0.25) is 49.0 Å². The van der Waals surface area contributed by atoms with Gasteiger partial charge < -0.3 is 35.0 Å². The van der Waals surface area contributed by atoms with Crippen molar-refractivity contribution in [3.05, 3.63) is 0 Å². The van der Waals surface area contributed by atoms with Crippen LogP contribution in [-0.2, 0) is 43.1 Å². The molecule has 4 N–H and O–H groups in total. The highest BCUT2D eigenvalue weighted by Gasteiger charge is 2.46. The zero-order valence-corrected chi connectivity index (χ0v) is 41.0. The lowest BCUT2D eigenvalue weighted by atomic mass is 9.92. The maximum Gasteiger partial charge on any atom is 0.318 e. The number of methoxy groups -OCH3 is 1. The van der Waals surface area contributed by atoms with Crippen LogP contribution in [0, 0.1) is 23.7 Å². The van der Waals surface area contributed by atoms with Crippen LogP contribution in [0.5, 0.6) is 0 Å². The Morgan fingerprint density at radius 1 is 0.726 bits per heavy atom. The van der Waals surface area contributed by atoms with E-state index >= 15 is 0 Å². The highest BCUT2D eigenvalue weighted by molar-refractivity contribution is 8.00. The first-order valence-electron chi connectivity index (χ1n) is 21.5. The molecular weight excluding hydrogens is 821 g/mol. The second-order valence-corrected chi connectivity index (χ2v) is 18.6. The minimum absolute atomic E-state index is 0.0230. The smallest absolute Gasteiger partial charge is 0.318 e. The Hall–Kier alpha value is -4.26. The fraction of sp³-hybridized carbons (Fsp3) is 0.791. The molecule has 356 valence electrons. The lowest BCUT2D eigenvalue weighted by molar-refractivity contribution is -0.153. The van der Waals surface area contributed by atoms with Gasteiger partial charge in [-0.15, -0.1) is 11.8 Å². The average Bonchev–Trinajstić information content (AvgIpc) is 3.20. The number of rotatable bonds is 27. The minimum Gasteiger partial charge on any atom is -0.468 e. The van der Waals surface area contributed by atoms with Crippen molar-refractivity contribution in [2.24, 2.45) is 23.7 Å². The summed E-state index contributed by atoms with van der Waals surface area (Å²) in [5.74, 6) is -4.48. The summed E-state index contributed by atoms with van der Waals surface area (Å²) in [6, 6.07) is -6.07. The van der Waals surface area contributed by atoms with E-state index in [4.69, 9.17) is 4.74 Å². The van der Waals surface area contributed by atoms with E-state index in [-0.39, 0.29) is 60.3 Å². The van der Waals surface area contributed by atoms with Crippen LogP contribution in [0.15, 0.2) is 0 Å². The summed E-state index contributed by atoms with van der Waals surface area (Å²) in [4.78, 5) is 126. The first kappa shape index (κ1) is 57.7. The monoisotopic (exact) mass is 899 g/mol. The van der Waals surface area contributed by atoms with Crippen molar-refractivity contribution in [1.29, 1.82) is 0 Å². The number of carbonyl (C=O) groups excluding carboxylic acids is 9. The molecule has 0 spiro atoms. The van der Waals surface area contributed by atoms with Crippen molar-refractivity contribution in [1.82, 2.24) is 40.9 Å². The number of imide groups is 1. The largest absolute Gasteiger partial charge is 0.468 e. The van der Waals surface area contributed by atoms with E-state index < -0.39 is 77.4 Å². The first-order valence-corrected chi connectivity index (χ1v) is 22.7. The van der Waals surface area contributed by atoms with E-state index in [2.05, 4.69) is 21.3 Å².